The molecule has 3 aromatic rings. The molecule has 0 saturated heterocycles. The van der Waals surface area contributed by atoms with Crippen molar-refractivity contribution in [1.29, 1.82) is 0 Å². The molecule has 0 aliphatic carbocycles. The quantitative estimate of drug-likeness (QED) is 0.481. The molecular weight excluding hydrogens is 383 g/mol. The van der Waals surface area contributed by atoms with Crippen molar-refractivity contribution < 1.29 is 0 Å². The molecule has 0 unspecified atom stereocenters. The molecule has 0 saturated carbocycles. The smallest absolute Gasteiger partial charge is 0.301 e. The van der Waals surface area contributed by atoms with E-state index in [-0.39, 0.29) is 11.2 Å². The molecule has 0 radical (unpaired) electrons. The van der Waals surface area contributed by atoms with Crippen LogP contribution < -0.4 is 11.2 Å². The summed E-state index contributed by atoms with van der Waals surface area (Å²) in [5.74, 6) is 0. The van der Waals surface area contributed by atoms with Gasteiger partial charge in [0.05, 0.1) is 6.54 Å². The van der Waals surface area contributed by atoms with E-state index in [1.54, 1.807) is 7.05 Å². The summed E-state index contributed by atoms with van der Waals surface area (Å²) in [4.78, 5) is 28.6. The Bertz CT molecular complexity index is 937. The van der Waals surface area contributed by atoms with Gasteiger partial charge < -0.3 is 4.57 Å². The summed E-state index contributed by atoms with van der Waals surface area (Å²) in [5.41, 5.74) is 1.25. The van der Waals surface area contributed by atoms with Crippen LogP contribution in [0.5, 0.6) is 0 Å². The van der Waals surface area contributed by atoms with Gasteiger partial charge in [0, 0.05) is 36.7 Å². The lowest BCUT2D eigenvalue weighted by molar-refractivity contribution is 0.684. The van der Waals surface area contributed by atoms with Crippen LogP contribution >= 0.6 is 22.6 Å². The highest BCUT2D eigenvalue weighted by Crippen LogP contribution is 2.15. The molecule has 0 bridgehead atoms. The summed E-state index contributed by atoms with van der Waals surface area (Å²) >= 11 is 2.09. The first kappa shape index (κ1) is 14.1. The summed E-state index contributed by atoms with van der Waals surface area (Å²) in [6.45, 7) is 0.566. The normalized spacial score (nSPS) is 11.2. The van der Waals surface area contributed by atoms with Gasteiger partial charge in [-0.05, 0) is 5.56 Å². The lowest BCUT2D eigenvalue weighted by Gasteiger charge is -2.09. The van der Waals surface area contributed by atoms with Gasteiger partial charge in [-0.1, -0.05) is 30.3 Å². The minimum atomic E-state index is -0.363. The number of hydrogen-bond donors (Lipinski definition) is 0. The second-order valence-corrected chi connectivity index (χ2v) is 5.80. The van der Waals surface area contributed by atoms with Crippen molar-refractivity contribution in [3.8, 4) is 0 Å². The maximum absolute atomic E-state index is 12.2. The molecule has 0 spiro atoms. The summed E-state index contributed by atoms with van der Waals surface area (Å²) < 4.78 is 5.12. The van der Waals surface area contributed by atoms with Crippen molar-refractivity contribution in [3.05, 3.63) is 60.6 Å². The Kier molecular flexibility index (Phi) is 3.44. The van der Waals surface area contributed by atoms with Gasteiger partial charge in [0.25, 0.3) is 5.56 Å². The van der Waals surface area contributed by atoms with E-state index in [1.807, 2.05) is 34.9 Å². The maximum atomic E-state index is 12.2. The molecule has 0 atom stereocenters. The number of aryl methyl sites for hydroxylation is 1. The fourth-order valence-corrected chi connectivity index (χ4v) is 3.01. The van der Waals surface area contributed by atoms with Crippen molar-refractivity contribution in [2.75, 3.05) is 0 Å². The number of aromatic nitrogens is 4. The topological polar surface area (TPSA) is 61.8 Å². The van der Waals surface area contributed by atoms with E-state index in [0.29, 0.717) is 21.5 Å². The summed E-state index contributed by atoms with van der Waals surface area (Å²) in [5, 5.41) is 0. The van der Waals surface area contributed by atoms with Crippen LogP contribution in [-0.4, -0.2) is 18.7 Å². The third-order valence-electron chi connectivity index (χ3n) is 3.48. The zero-order valence-electron chi connectivity index (χ0n) is 11.6. The van der Waals surface area contributed by atoms with Crippen LogP contribution in [0.1, 0.15) is 5.56 Å². The van der Waals surface area contributed by atoms with Crippen LogP contribution in [0.3, 0.4) is 0 Å². The molecule has 6 nitrogen and oxygen atoms in total. The Labute approximate surface area is 133 Å². The zero-order chi connectivity index (χ0) is 15.1. The molecule has 0 fully saturated rings. The lowest BCUT2D eigenvalue weighted by Crippen LogP contribution is -2.37. The van der Waals surface area contributed by atoms with Crippen LogP contribution in [-0.2, 0) is 20.6 Å². The van der Waals surface area contributed by atoms with Crippen molar-refractivity contribution in [3.63, 3.8) is 0 Å². The predicted molar refractivity (Wildman–Crippen MR) is 88.5 cm³/mol. The molecule has 0 amide bonds. The number of rotatable bonds is 2. The minimum Gasteiger partial charge on any atom is -0.301 e. The molecule has 2 aromatic heterocycles. The summed E-state index contributed by atoms with van der Waals surface area (Å²) in [6.07, 6.45) is 0. The Morgan fingerprint density at radius 1 is 1.10 bits per heavy atom. The number of nitrogens with zero attached hydrogens (tertiary/aromatic N) is 4. The van der Waals surface area contributed by atoms with Crippen molar-refractivity contribution in [2.45, 2.75) is 6.54 Å². The third kappa shape index (κ3) is 2.21. The van der Waals surface area contributed by atoms with E-state index in [0.717, 1.165) is 10.1 Å². The number of halogens is 1. The summed E-state index contributed by atoms with van der Waals surface area (Å²) in [7, 11) is 3.12. The highest BCUT2D eigenvalue weighted by molar-refractivity contribution is 14.1. The van der Waals surface area contributed by atoms with E-state index in [2.05, 4.69) is 27.6 Å². The number of fused-ring (bicyclic) bond motifs is 1. The van der Waals surface area contributed by atoms with Gasteiger partial charge in [-0.25, -0.2) is 9.78 Å². The van der Waals surface area contributed by atoms with E-state index in [1.165, 1.54) is 11.6 Å². The lowest BCUT2D eigenvalue weighted by atomic mass is 10.2. The highest BCUT2D eigenvalue weighted by atomic mass is 127. The first-order valence-corrected chi connectivity index (χ1v) is 7.44. The molecule has 108 valence electrons. The number of hydrogen-bond acceptors (Lipinski definition) is 3. The Morgan fingerprint density at radius 3 is 2.43 bits per heavy atom. The standard InChI is InChI=1S/C14H13IN4O2/c1-17-11-10(12(20)18(2)14(17)21)16-13(15)19(11)8-9-6-4-3-5-7-9/h3-7H,8H2,1-2H3. The van der Waals surface area contributed by atoms with Gasteiger partial charge in [-0.15, -0.1) is 0 Å². The summed E-state index contributed by atoms with van der Waals surface area (Å²) in [6, 6.07) is 9.87. The van der Waals surface area contributed by atoms with Gasteiger partial charge >= 0.3 is 5.69 Å². The molecule has 1 aromatic carbocycles. The fourth-order valence-electron chi connectivity index (χ4n) is 2.37. The second-order valence-electron chi connectivity index (χ2n) is 4.83. The van der Waals surface area contributed by atoms with E-state index in [4.69, 9.17) is 0 Å². The SMILES string of the molecule is Cn1c(=O)c2nc(I)n(Cc3ccccc3)c2n(C)c1=O. The first-order chi connectivity index (χ1) is 10.0. The van der Waals surface area contributed by atoms with Gasteiger partial charge in [0.1, 0.15) is 0 Å². The highest BCUT2D eigenvalue weighted by Gasteiger charge is 2.17. The molecule has 0 N–H and O–H groups in total. The maximum Gasteiger partial charge on any atom is 0.332 e. The van der Waals surface area contributed by atoms with Gasteiger partial charge in [-0.2, -0.15) is 0 Å². The van der Waals surface area contributed by atoms with Crippen LogP contribution in [0.4, 0.5) is 0 Å². The second kappa shape index (κ2) is 5.14. The van der Waals surface area contributed by atoms with Gasteiger partial charge in [-0.3, -0.25) is 13.9 Å². The van der Waals surface area contributed by atoms with Crippen LogP contribution in [0, 0.1) is 3.83 Å². The Morgan fingerprint density at radius 2 is 1.76 bits per heavy atom. The molecule has 2 heterocycles. The van der Waals surface area contributed by atoms with E-state index < -0.39 is 0 Å². The van der Waals surface area contributed by atoms with Gasteiger partial charge in [0.2, 0.25) is 0 Å². The fraction of sp³-hybridized carbons (Fsp3) is 0.214. The minimum absolute atomic E-state index is 0.319. The van der Waals surface area contributed by atoms with E-state index in [9.17, 15) is 9.59 Å². The van der Waals surface area contributed by atoms with Crippen molar-refractivity contribution in [1.82, 2.24) is 18.7 Å². The average molecular weight is 396 g/mol. The average Bonchev–Trinajstić information content (AvgIpc) is 2.81. The molecule has 3 rings (SSSR count). The molecular formula is C14H13IN4O2. The molecule has 21 heavy (non-hydrogen) atoms. The zero-order valence-corrected chi connectivity index (χ0v) is 13.7. The molecule has 0 aliphatic heterocycles. The predicted octanol–water partition coefficient (Wildman–Crippen LogP) is 1.09. The number of benzene rings is 1. The monoisotopic (exact) mass is 396 g/mol. The van der Waals surface area contributed by atoms with Crippen LogP contribution in [0.15, 0.2) is 39.9 Å². The van der Waals surface area contributed by atoms with Crippen molar-refractivity contribution in [2.24, 2.45) is 14.1 Å². The molecule has 0 aliphatic rings. The van der Waals surface area contributed by atoms with Gasteiger partial charge in [0.15, 0.2) is 15.0 Å². The van der Waals surface area contributed by atoms with E-state index >= 15 is 0 Å². The van der Waals surface area contributed by atoms with Crippen LogP contribution in [0.25, 0.3) is 11.2 Å². The first-order valence-electron chi connectivity index (χ1n) is 6.36. The molecule has 7 heteroatoms. The Hall–Kier alpha value is -1.90. The third-order valence-corrected chi connectivity index (χ3v) is 4.30. The largest absolute Gasteiger partial charge is 0.332 e. The van der Waals surface area contributed by atoms with Crippen molar-refractivity contribution >= 4 is 33.8 Å². The van der Waals surface area contributed by atoms with Crippen LogP contribution in [0.2, 0.25) is 0 Å². The number of imidazole rings is 1. The Balaban J connectivity index is 2.32.